The third kappa shape index (κ3) is 4.04. The Kier molecular flexibility index (Phi) is 4.24. The Bertz CT molecular complexity index is 441. The molecule has 1 aromatic rings. The Labute approximate surface area is 104 Å². The summed E-state index contributed by atoms with van der Waals surface area (Å²) in [5, 5.41) is 9.68. The van der Waals surface area contributed by atoms with E-state index in [2.05, 4.69) is 15.5 Å². The number of primary amides is 1. The second-order valence-corrected chi connectivity index (χ2v) is 4.26. The predicted octanol–water partition coefficient (Wildman–Crippen LogP) is 0.236. The summed E-state index contributed by atoms with van der Waals surface area (Å²) in [5.74, 6) is -0.239. The van der Waals surface area contributed by atoms with Crippen molar-refractivity contribution in [3.63, 3.8) is 0 Å². The zero-order valence-corrected chi connectivity index (χ0v) is 10.5. The van der Waals surface area contributed by atoms with Gasteiger partial charge in [0.15, 0.2) is 0 Å². The molecule has 0 saturated carbocycles. The average molecular weight is 256 g/mol. The number of nitrogens with zero attached hydrogens (tertiary/aromatic N) is 2. The van der Waals surface area contributed by atoms with E-state index < -0.39 is 17.6 Å². The Morgan fingerprint density at radius 2 is 2.11 bits per heavy atom. The summed E-state index contributed by atoms with van der Waals surface area (Å²) >= 11 is 0. The third-order valence-electron chi connectivity index (χ3n) is 2.21. The van der Waals surface area contributed by atoms with Crippen molar-refractivity contribution >= 4 is 12.0 Å². The van der Waals surface area contributed by atoms with Gasteiger partial charge >= 0.3 is 17.9 Å². The lowest BCUT2D eigenvalue weighted by Gasteiger charge is -2.22. The highest BCUT2D eigenvalue weighted by atomic mass is 16.6. The minimum Gasteiger partial charge on any atom is -0.444 e. The van der Waals surface area contributed by atoms with E-state index in [9.17, 15) is 9.59 Å². The summed E-state index contributed by atoms with van der Waals surface area (Å²) in [5.41, 5.74) is 4.22. The van der Waals surface area contributed by atoms with Crippen LogP contribution < -0.4 is 11.1 Å². The Morgan fingerprint density at radius 3 is 2.67 bits per heavy atom. The Morgan fingerprint density at radius 1 is 1.44 bits per heavy atom. The lowest BCUT2D eigenvalue weighted by molar-refractivity contribution is 0.0381. The van der Waals surface area contributed by atoms with Crippen LogP contribution in [0.5, 0.6) is 0 Å². The molecule has 0 radical (unpaired) electrons. The number of ether oxygens (including phenoxy) is 1. The first-order valence-corrected chi connectivity index (χ1v) is 5.37. The quantitative estimate of drug-likeness (QED) is 0.778. The van der Waals surface area contributed by atoms with Gasteiger partial charge < -0.3 is 20.2 Å². The fraction of sp³-hybridized carbons (Fsp3) is 0.600. The van der Waals surface area contributed by atoms with Crippen molar-refractivity contribution in [2.75, 3.05) is 7.05 Å². The van der Waals surface area contributed by atoms with Gasteiger partial charge in [0.1, 0.15) is 5.60 Å². The standard InChI is InChI=1S/C10H16N4O4/c1-10(2,18-9(11)16)5-4-6-13-14-8(17-6)7(15)12-3/h4-5H2,1-3H3,(H2,11,16)(H,12,15). The molecule has 3 N–H and O–H groups in total. The van der Waals surface area contributed by atoms with Crippen LogP contribution in [0.1, 0.15) is 36.8 Å². The maximum absolute atomic E-state index is 11.2. The van der Waals surface area contributed by atoms with Crippen LogP contribution in [0.3, 0.4) is 0 Å². The SMILES string of the molecule is CNC(=O)c1nnc(CCC(C)(C)OC(N)=O)o1. The topological polar surface area (TPSA) is 120 Å². The molecule has 0 aromatic carbocycles. The minimum absolute atomic E-state index is 0.0962. The minimum atomic E-state index is -0.837. The van der Waals surface area contributed by atoms with Crippen molar-refractivity contribution < 1.29 is 18.7 Å². The summed E-state index contributed by atoms with van der Waals surface area (Å²) in [4.78, 5) is 21.8. The van der Waals surface area contributed by atoms with E-state index in [0.717, 1.165) is 0 Å². The summed E-state index contributed by atoms with van der Waals surface area (Å²) in [6, 6.07) is 0. The number of amides is 2. The number of nitrogens with one attached hydrogen (secondary N) is 1. The van der Waals surface area contributed by atoms with E-state index in [0.29, 0.717) is 18.7 Å². The molecule has 0 saturated heterocycles. The van der Waals surface area contributed by atoms with Gasteiger partial charge in [-0.15, -0.1) is 10.2 Å². The molecule has 8 heteroatoms. The number of aryl methyl sites for hydroxylation is 1. The zero-order valence-electron chi connectivity index (χ0n) is 10.5. The molecule has 0 unspecified atom stereocenters. The molecule has 18 heavy (non-hydrogen) atoms. The molecule has 0 bridgehead atoms. The first kappa shape index (κ1) is 13.9. The van der Waals surface area contributed by atoms with E-state index >= 15 is 0 Å². The van der Waals surface area contributed by atoms with Gasteiger partial charge in [0.2, 0.25) is 5.89 Å². The highest BCUT2D eigenvalue weighted by Gasteiger charge is 2.23. The van der Waals surface area contributed by atoms with E-state index in [-0.39, 0.29) is 5.89 Å². The van der Waals surface area contributed by atoms with Crippen LogP contribution in [-0.4, -0.2) is 34.8 Å². The van der Waals surface area contributed by atoms with Crippen LogP contribution >= 0.6 is 0 Å². The monoisotopic (exact) mass is 256 g/mol. The van der Waals surface area contributed by atoms with Gasteiger partial charge in [0, 0.05) is 13.5 Å². The summed E-state index contributed by atoms with van der Waals surface area (Å²) in [6.45, 7) is 3.43. The van der Waals surface area contributed by atoms with Gasteiger partial charge in [-0.05, 0) is 20.3 Å². The molecule has 0 fully saturated rings. The van der Waals surface area contributed by atoms with Crippen molar-refractivity contribution in [3.8, 4) is 0 Å². The van der Waals surface area contributed by atoms with Crippen LogP contribution in [0.4, 0.5) is 4.79 Å². The fourth-order valence-electron chi connectivity index (χ4n) is 1.28. The normalized spacial score (nSPS) is 11.1. The second kappa shape index (κ2) is 5.48. The molecule has 0 atom stereocenters. The van der Waals surface area contributed by atoms with Gasteiger partial charge in [-0.2, -0.15) is 0 Å². The smallest absolute Gasteiger partial charge is 0.405 e. The van der Waals surface area contributed by atoms with Crippen molar-refractivity contribution in [1.29, 1.82) is 0 Å². The van der Waals surface area contributed by atoms with Crippen LogP contribution in [0.25, 0.3) is 0 Å². The van der Waals surface area contributed by atoms with E-state index in [1.165, 1.54) is 7.05 Å². The highest BCUT2D eigenvalue weighted by molar-refractivity contribution is 5.89. The Balaban J connectivity index is 2.56. The molecule has 2 amide bonds. The molecule has 0 aliphatic heterocycles. The van der Waals surface area contributed by atoms with E-state index in [4.69, 9.17) is 14.9 Å². The fourth-order valence-corrected chi connectivity index (χ4v) is 1.28. The van der Waals surface area contributed by atoms with Crippen LogP contribution in [0.15, 0.2) is 4.42 Å². The first-order chi connectivity index (χ1) is 8.34. The molecule has 1 heterocycles. The van der Waals surface area contributed by atoms with Crippen LogP contribution in [0, 0.1) is 0 Å². The molecule has 0 spiro atoms. The summed E-state index contributed by atoms with van der Waals surface area (Å²) in [6.07, 6.45) is -0.00754. The van der Waals surface area contributed by atoms with Crippen molar-refractivity contribution in [2.45, 2.75) is 32.3 Å². The van der Waals surface area contributed by atoms with Crippen molar-refractivity contribution in [2.24, 2.45) is 5.73 Å². The number of carbonyl (C=O) groups is 2. The molecule has 1 rings (SSSR count). The van der Waals surface area contributed by atoms with Crippen molar-refractivity contribution in [1.82, 2.24) is 15.5 Å². The van der Waals surface area contributed by atoms with Gasteiger partial charge in [-0.25, -0.2) is 4.79 Å². The average Bonchev–Trinajstić information content (AvgIpc) is 2.72. The maximum atomic E-state index is 11.2. The van der Waals surface area contributed by atoms with Gasteiger partial charge in [0.05, 0.1) is 0 Å². The predicted molar refractivity (Wildman–Crippen MR) is 60.8 cm³/mol. The lowest BCUT2D eigenvalue weighted by atomic mass is 10.0. The third-order valence-corrected chi connectivity index (χ3v) is 2.21. The van der Waals surface area contributed by atoms with Crippen LogP contribution in [0.2, 0.25) is 0 Å². The number of nitrogens with two attached hydrogens (primary N) is 1. The number of carbonyl (C=O) groups excluding carboxylic acids is 2. The first-order valence-electron chi connectivity index (χ1n) is 5.37. The van der Waals surface area contributed by atoms with Gasteiger partial charge in [-0.1, -0.05) is 0 Å². The molecule has 100 valence electrons. The summed E-state index contributed by atoms with van der Waals surface area (Å²) < 4.78 is 10.0. The number of aromatic nitrogens is 2. The maximum Gasteiger partial charge on any atom is 0.405 e. The Hall–Kier alpha value is -2.12. The molecule has 0 aliphatic rings. The van der Waals surface area contributed by atoms with E-state index in [1.54, 1.807) is 13.8 Å². The second-order valence-electron chi connectivity index (χ2n) is 4.26. The molecule has 1 aromatic heterocycles. The molecule has 0 aliphatic carbocycles. The van der Waals surface area contributed by atoms with Crippen LogP contribution in [-0.2, 0) is 11.2 Å². The van der Waals surface area contributed by atoms with Crippen molar-refractivity contribution in [3.05, 3.63) is 11.8 Å². The molecule has 8 nitrogen and oxygen atoms in total. The number of hydrogen-bond donors (Lipinski definition) is 2. The largest absolute Gasteiger partial charge is 0.444 e. The summed E-state index contributed by atoms with van der Waals surface area (Å²) in [7, 11) is 1.47. The molecular formula is C10H16N4O4. The van der Waals surface area contributed by atoms with Gasteiger partial charge in [0.25, 0.3) is 0 Å². The lowest BCUT2D eigenvalue weighted by Crippen LogP contribution is -2.31. The van der Waals surface area contributed by atoms with E-state index in [1.807, 2.05) is 0 Å². The number of hydrogen-bond acceptors (Lipinski definition) is 6. The zero-order chi connectivity index (χ0) is 13.8. The number of rotatable bonds is 5. The molecular weight excluding hydrogens is 240 g/mol. The van der Waals surface area contributed by atoms with Gasteiger partial charge in [-0.3, -0.25) is 4.79 Å². The highest BCUT2D eigenvalue weighted by Crippen LogP contribution is 2.17.